The summed E-state index contributed by atoms with van der Waals surface area (Å²) < 4.78 is 3.89. The van der Waals surface area contributed by atoms with Gasteiger partial charge in [-0.25, -0.2) is 0 Å². The van der Waals surface area contributed by atoms with E-state index >= 15 is 0 Å². The third-order valence-corrected chi connectivity index (χ3v) is 2.22. The first kappa shape index (κ1) is 6.49. The fraction of sp³-hybridized carbons (Fsp3) is 0.600. The van der Waals surface area contributed by atoms with Gasteiger partial charge in [0.1, 0.15) is 6.54 Å². The second kappa shape index (κ2) is 2.13. The Morgan fingerprint density at radius 2 is 2.70 bits per heavy atom. The van der Waals surface area contributed by atoms with E-state index in [2.05, 4.69) is 17.6 Å². The zero-order valence-corrected chi connectivity index (χ0v) is 6.89. The molecule has 1 atom stereocenters. The minimum Gasteiger partial charge on any atom is -0.170 e. The molecule has 0 saturated carbocycles. The Balaban J connectivity index is 2.44. The van der Waals surface area contributed by atoms with E-state index in [1.54, 1.807) is 6.33 Å². The van der Waals surface area contributed by atoms with Crippen LogP contribution in [-0.4, -0.2) is 14.9 Å². The van der Waals surface area contributed by atoms with Gasteiger partial charge >= 0.3 is 11.6 Å². The van der Waals surface area contributed by atoms with Crippen molar-refractivity contribution in [1.82, 2.24) is 9.67 Å². The lowest BCUT2D eigenvalue weighted by molar-refractivity contribution is -0.758. The zero-order chi connectivity index (χ0) is 7.14. The molecule has 0 spiro atoms. The number of hydrogen-bond acceptors (Lipinski definition) is 2. The monoisotopic (exact) mass is 176 g/mol. The van der Waals surface area contributed by atoms with Crippen molar-refractivity contribution >= 4 is 24.2 Å². The van der Waals surface area contributed by atoms with Gasteiger partial charge in [-0.15, -0.1) is 0 Å². The quantitative estimate of drug-likeness (QED) is 0.441. The topological polar surface area (TPSA) is 21.7 Å². The van der Waals surface area contributed by atoms with Crippen molar-refractivity contribution in [1.29, 1.82) is 0 Å². The minimum absolute atomic E-state index is 0.389. The van der Waals surface area contributed by atoms with Crippen LogP contribution in [0.3, 0.4) is 0 Å². The molecule has 0 radical (unpaired) electrons. The average molecular weight is 177 g/mol. The maximum absolute atomic E-state index is 5.75. The fourth-order valence-corrected chi connectivity index (χ4v) is 1.68. The van der Waals surface area contributed by atoms with Crippen LogP contribution in [-0.2, 0) is 13.1 Å². The molecule has 0 fully saturated rings. The van der Waals surface area contributed by atoms with Crippen LogP contribution in [0.4, 0.5) is 0 Å². The van der Waals surface area contributed by atoms with Gasteiger partial charge in [-0.3, -0.25) is 0 Å². The van der Waals surface area contributed by atoms with Gasteiger partial charge in [0.2, 0.25) is 0 Å². The van der Waals surface area contributed by atoms with Crippen molar-refractivity contribution in [2.45, 2.75) is 18.3 Å². The summed E-state index contributed by atoms with van der Waals surface area (Å²) in [5, 5.41) is 0.942. The van der Waals surface area contributed by atoms with Crippen LogP contribution in [0.15, 0.2) is 6.33 Å². The van der Waals surface area contributed by atoms with Crippen LogP contribution in [0.5, 0.6) is 0 Å². The highest BCUT2D eigenvalue weighted by atomic mass is 35.5. The predicted octanol–water partition coefficient (Wildman–Crippen LogP) is 0.136. The molecule has 54 valence electrons. The van der Waals surface area contributed by atoms with Crippen molar-refractivity contribution < 1.29 is 4.68 Å². The lowest BCUT2D eigenvalue weighted by Gasteiger charge is -1.89. The van der Waals surface area contributed by atoms with Crippen molar-refractivity contribution in [2.75, 3.05) is 0 Å². The van der Waals surface area contributed by atoms with Crippen molar-refractivity contribution in [3.63, 3.8) is 0 Å². The summed E-state index contributed by atoms with van der Waals surface area (Å²) in [6.07, 6.45) is 1.73. The van der Waals surface area contributed by atoms with Crippen LogP contribution in [0.25, 0.3) is 0 Å². The highest BCUT2D eigenvalue weighted by Gasteiger charge is 2.26. The average Bonchev–Trinajstić information content (AvgIpc) is 2.35. The number of hydrogen-bond donors (Lipinski definition) is 1. The summed E-state index contributed by atoms with van der Waals surface area (Å²) in [4.78, 5) is 3.93. The normalized spacial score (nSPS) is 23.2. The molecule has 2 heterocycles. The van der Waals surface area contributed by atoms with E-state index < -0.39 is 0 Å². The van der Waals surface area contributed by atoms with Crippen molar-refractivity contribution in [2.24, 2.45) is 0 Å². The van der Waals surface area contributed by atoms with Gasteiger partial charge in [-0.1, -0.05) is 0 Å². The molecule has 0 N–H and O–H groups in total. The molecule has 0 aliphatic carbocycles. The van der Waals surface area contributed by atoms with Crippen LogP contribution in [0.2, 0.25) is 5.28 Å². The van der Waals surface area contributed by atoms with E-state index in [0.717, 1.165) is 13.1 Å². The molecule has 0 saturated heterocycles. The van der Waals surface area contributed by atoms with E-state index in [9.17, 15) is 0 Å². The third kappa shape index (κ3) is 0.828. The van der Waals surface area contributed by atoms with E-state index in [1.807, 2.05) is 9.36 Å². The van der Waals surface area contributed by atoms with Gasteiger partial charge in [0.05, 0.1) is 11.8 Å². The molecule has 1 aliphatic rings. The van der Waals surface area contributed by atoms with Crippen LogP contribution >= 0.6 is 24.2 Å². The van der Waals surface area contributed by atoms with Crippen LogP contribution in [0.1, 0.15) is 0 Å². The fourth-order valence-electron chi connectivity index (χ4n) is 1.15. The molecule has 0 amide bonds. The number of halogens is 1. The number of aromatic nitrogens is 3. The lowest BCUT2D eigenvalue weighted by Crippen LogP contribution is -2.36. The first-order chi connectivity index (χ1) is 4.77. The molecular weight excluding hydrogens is 170 g/mol. The van der Waals surface area contributed by atoms with Crippen molar-refractivity contribution in [3.8, 4) is 0 Å². The van der Waals surface area contributed by atoms with Gasteiger partial charge in [0.15, 0.2) is 0 Å². The van der Waals surface area contributed by atoms with E-state index in [1.165, 1.54) is 0 Å². The summed E-state index contributed by atoms with van der Waals surface area (Å²) in [6, 6.07) is 0. The molecule has 10 heavy (non-hydrogen) atoms. The van der Waals surface area contributed by atoms with Gasteiger partial charge in [0, 0.05) is 0 Å². The maximum Gasteiger partial charge on any atom is 0.347 e. The van der Waals surface area contributed by atoms with E-state index in [4.69, 9.17) is 11.6 Å². The lowest BCUT2D eigenvalue weighted by atomic mass is 10.4. The van der Waals surface area contributed by atoms with Crippen LogP contribution < -0.4 is 4.68 Å². The van der Waals surface area contributed by atoms with Crippen LogP contribution in [0, 0.1) is 0 Å². The van der Waals surface area contributed by atoms with Gasteiger partial charge in [-0.05, 0) is 16.6 Å². The predicted molar refractivity (Wildman–Crippen MR) is 40.2 cm³/mol. The largest absolute Gasteiger partial charge is 0.347 e. The highest BCUT2D eigenvalue weighted by molar-refractivity contribution is 7.80. The molecule has 3 nitrogen and oxygen atoms in total. The molecule has 1 aromatic rings. The Kier molecular flexibility index (Phi) is 1.38. The van der Waals surface area contributed by atoms with Gasteiger partial charge in [-0.2, -0.15) is 22.0 Å². The molecule has 1 aliphatic heterocycles. The third-order valence-electron chi connectivity index (χ3n) is 1.60. The van der Waals surface area contributed by atoms with Gasteiger partial charge < -0.3 is 0 Å². The first-order valence-corrected chi connectivity index (χ1v) is 3.95. The summed E-state index contributed by atoms with van der Waals surface area (Å²) >= 11 is 10.1. The molecule has 1 aromatic heterocycles. The molecule has 1 unspecified atom stereocenters. The summed E-state index contributed by atoms with van der Waals surface area (Å²) in [5.41, 5.74) is 0. The highest BCUT2D eigenvalue weighted by Crippen LogP contribution is 2.10. The Morgan fingerprint density at radius 1 is 1.90 bits per heavy atom. The Bertz CT molecular complexity index is 259. The van der Waals surface area contributed by atoms with E-state index in [-0.39, 0.29) is 0 Å². The minimum atomic E-state index is 0.389. The Morgan fingerprint density at radius 3 is 3.40 bits per heavy atom. The summed E-state index contributed by atoms with van der Waals surface area (Å²) in [6.45, 7) is 1.77. The Hall–Kier alpha value is -0.220. The standard InChI is InChI=1S/C5H6ClN3S/c6-5-7-3-8-1-4(10)2-9(5)8/h3-4H,1-2H2/p+1. The zero-order valence-electron chi connectivity index (χ0n) is 5.24. The number of thiol groups is 1. The molecule has 2 rings (SSSR count). The molecule has 0 bridgehead atoms. The summed E-state index contributed by atoms with van der Waals surface area (Å²) in [7, 11) is 0. The second-order valence-electron chi connectivity index (χ2n) is 2.37. The smallest absolute Gasteiger partial charge is 0.170 e. The van der Waals surface area contributed by atoms with Gasteiger partial charge in [0.25, 0.3) is 0 Å². The number of rotatable bonds is 0. The molecule has 5 heteroatoms. The Labute approximate surface area is 69.0 Å². The SMILES string of the molecule is SC1Cn2c(Cl)nc[n+]2C1. The number of nitrogens with zero attached hydrogens (tertiary/aromatic N) is 3. The summed E-state index contributed by atoms with van der Waals surface area (Å²) in [5.74, 6) is 0. The number of fused-ring (bicyclic) bond motifs is 1. The first-order valence-electron chi connectivity index (χ1n) is 3.06. The second-order valence-corrected chi connectivity index (χ2v) is 3.44. The maximum atomic E-state index is 5.75. The molecular formula is C5H7ClN3S+. The van der Waals surface area contributed by atoms with Crippen molar-refractivity contribution in [3.05, 3.63) is 11.6 Å². The van der Waals surface area contributed by atoms with E-state index in [0.29, 0.717) is 10.5 Å². The molecule has 0 aromatic carbocycles.